The van der Waals surface area contributed by atoms with E-state index in [1.54, 1.807) is 35.3 Å². The van der Waals surface area contributed by atoms with Gasteiger partial charge in [0.2, 0.25) is 0 Å². The Bertz CT molecular complexity index is 1500. The highest BCUT2D eigenvalue weighted by Gasteiger charge is 2.17. The Morgan fingerprint density at radius 2 is 2.00 bits per heavy atom. The van der Waals surface area contributed by atoms with Crippen LogP contribution in [0.25, 0.3) is 22.4 Å². The average molecular weight is 459 g/mol. The number of anilines is 1. The van der Waals surface area contributed by atoms with Gasteiger partial charge in [-0.25, -0.2) is 9.37 Å². The fourth-order valence-electron chi connectivity index (χ4n) is 3.86. The van der Waals surface area contributed by atoms with Gasteiger partial charge in [-0.15, -0.1) is 10.2 Å². The zero-order chi connectivity index (χ0) is 23.8. The molecule has 1 amide bonds. The third-order valence-electron chi connectivity index (χ3n) is 5.55. The number of amides is 1. The maximum absolute atomic E-state index is 14.8. The SMILES string of the molecule is CC(C)n1cnnc1-c1cccc(NC(=O)c2cc3c(ccn3Cc3ccn(C)n3)cc2F)n1. The topological polar surface area (TPSA) is 95.5 Å². The summed E-state index contributed by atoms with van der Waals surface area (Å²) in [5.41, 5.74) is 2.10. The van der Waals surface area contributed by atoms with Crippen LogP contribution in [0, 0.1) is 5.82 Å². The second-order valence-corrected chi connectivity index (χ2v) is 8.33. The molecule has 0 unspecified atom stereocenters. The van der Waals surface area contributed by atoms with Crippen LogP contribution in [0.3, 0.4) is 0 Å². The molecule has 5 rings (SSSR count). The third kappa shape index (κ3) is 4.05. The first-order valence-corrected chi connectivity index (χ1v) is 10.8. The number of carbonyl (C=O) groups is 1. The van der Waals surface area contributed by atoms with Crippen molar-refractivity contribution < 1.29 is 9.18 Å². The summed E-state index contributed by atoms with van der Waals surface area (Å²) in [4.78, 5) is 17.5. The quantitative estimate of drug-likeness (QED) is 0.414. The van der Waals surface area contributed by atoms with Gasteiger partial charge in [-0.05, 0) is 50.2 Å². The molecule has 10 heteroatoms. The van der Waals surface area contributed by atoms with E-state index in [1.807, 2.05) is 54.6 Å². The lowest BCUT2D eigenvalue weighted by molar-refractivity contribution is 0.102. The molecule has 0 aliphatic rings. The number of halogens is 1. The van der Waals surface area contributed by atoms with Crippen LogP contribution >= 0.6 is 0 Å². The van der Waals surface area contributed by atoms with Crippen molar-refractivity contribution in [2.24, 2.45) is 7.05 Å². The number of aryl methyl sites for hydroxylation is 1. The molecule has 9 nitrogen and oxygen atoms in total. The summed E-state index contributed by atoms with van der Waals surface area (Å²) in [6, 6.07) is 12.0. The fourth-order valence-corrected chi connectivity index (χ4v) is 3.86. The maximum Gasteiger partial charge on any atom is 0.259 e. The van der Waals surface area contributed by atoms with Crippen LogP contribution in [0.2, 0.25) is 0 Å². The van der Waals surface area contributed by atoms with Crippen LogP contribution in [-0.4, -0.2) is 40.0 Å². The third-order valence-corrected chi connectivity index (χ3v) is 5.55. The van der Waals surface area contributed by atoms with E-state index in [1.165, 1.54) is 6.07 Å². The number of nitrogens with one attached hydrogen (secondary N) is 1. The highest BCUT2D eigenvalue weighted by Crippen LogP contribution is 2.24. The first kappa shape index (κ1) is 21.5. The zero-order valence-corrected chi connectivity index (χ0v) is 19.0. The molecule has 34 heavy (non-hydrogen) atoms. The Morgan fingerprint density at radius 1 is 1.15 bits per heavy atom. The van der Waals surface area contributed by atoms with Gasteiger partial charge in [0, 0.05) is 36.4 Å². The first-order chi connectivity index (χ1) is 16.4. The molecule has 0 radical (unpaired) electrons. The molecule has 0 aliphatic heterocycles. The van der Waals surface area contributed by atoms with Gasteiger partial charge in [0.15, 0.2) is 5.82 Å². The number of pyridine rings is 1. The van der Waals surface area contributed by atoms with Crippen molar-refractivity contribution in [3.63, 3.8) is 0 Å². The monoisotopic (exact) mass is 458 g/mol. The fraction of sp³-hybridized carbons (Fsp3) is 0.208. The second kappa shape index (κ2) is 8.54. The minimum atomic E-state index is -0.601. The van der Waals surface area contributed by atoms with Crippen molar-refractivity contribution in [3.8, 4) is 11.5 Å². The Kier molecular flexibility index (Phi) is 5.40. The maximum atomic E-state index is 14.8. The summed E-state index contributed by atoms with van der Waals surface area (Å²) < 4.78 is 20.4. The molecule has 0 atom stereocenters. The van der Waals surface area contributed by atoms with Gasteiger partial charge in [0.05, 0.1) is 17.8 Å². The van der Waals surface area contributed by atoms with E-state index in [0.717, 1.165) is 11.2 Å². The minimum Gasteiger partial charge on any atom is -0.341 e. The van der Waals surface area contributed by atoms with Gasteiger partial charge < -0.3 is 14.5 Å². The van der Waals surface area contributed by atoms with Crippen molar-refractivity contribution in [1.29, 1.82) is 0 Å². The molecule has 4 aromatic heterocycles. The van der Waals surface area contributed by atoms with Gasteiger partial charge >= 0.3 is 0 Å². The van der Waals surface area contributed by atoms with E-state index in [9.17, 15) is 9.18 Å². The number of rotatable bonds is 6. The highest BCUT2D eigenvalue weighted by atomic mass is 19.1. The molecule has 0 fully saturated rings. The Morgan fingerprint density at radius 3 is 2.76 bits per heavy atom. The van der Waals surface area contributed by atoms with Crippen molar-refractivity contribution in [2.75, 3.05) is 5.32 Å². The van der Waals surface area contributed by atoms with Crippen molar-refractivity contribution in [3.05, 3.63) is 78.3 Å². The largest absolute Gasteiger partial charge is 0.341 e. The van der Waals surface area contributed by atoms with Crippen molar-refractivity contribution in [2.45, 2.75) is 26.4 Å². The zero-order valence-electron chi connectivity index (χ0n) is 19.0. The van der Waals surface area contributed by atoms with Crippen LogP contribution < -0.4 is 5.32 Å². The molecule has 0 saturated heterocycles. The van der Waals surface area contributed by atoms with Crippen molar-refractivity contribution in [1.82, 2.24) is 34.1 Å². The lowest BCUT2D eigenvalue weighted by Gasteiger charge is -2.11. The van der Waals surface area contributed by atoms with E-state index in [4.69, 9.17) is 0 Å². The predicted molar refractivity (Wildman–Crippen MR) is 126 cm³/mol. The lowest BCUT2D eigenvalue weighted by atomic mass is 10.1. The van der Waals surface area contributed by atoms with Gasteiger partial charge in [0.25, 0.3) is 5.91 Å². The van der Waals surface area contributed by atoms with Crippen molar-refractivity contribution >= 4 is 22.6 Å². The molecule has 172 valence electrons. The van der Waals surface area contributed by atoms with E-state index < -0.39 is 11.7 Å². The van der Waals surface area contributed by atoms with E-state index in [-0.39, 0.29) is 11.6 Å². The van der Waals surface area contributed by atoms with E-state index in [0.29, 0.717) is 29.3 Å². The standard InChI is InChI=1S/C24H23FN8O/c1-15(2)33-14-26-29-23(33)20-5-4-6-22(27-20)28-24(34)18-12-21-16(11-19(18)25)7-10-32(21)13-17-8-9-31(3)30-17/h4-12,14-15H,13H2,1-3H3,(H,27,28,34). The number of fused-ring (bicyclic) bond motifs is 1. The minimum absolute atomic E-state index is 0.0639. The van der Waals surface area contributed by atoms with Crippen LogP contribution in [0.4, 0.5) is 10.2 Å². The van der Waals surface area contributed by atoms with E-state index in [2.05, 4.69) is 25.6 Å². The molecule has 0 bridgehead atoms. The summed E-state index contributed by atoms with van der Waals surface area (Å²) in [7, 11) is 1.85. The number of hydrogen-bond donors (Lipinski definition) is 1. The second-order valence-electron chi connectivity index (χ2n) is 8.33. The lowest BCUT2D eigenvalue weighted by Crippen LogP contribution is -2.15. The number of nitrogens with zero attached hydrogens (tertiary/aromatic N) is 7. The molecule has 1 aromatic carbocycles. The Balaban J connectivity index is 1.43. The van der Waals surface area contributed by atoms with Gasteiger partial charge in [-0.2, -0.15) is 5.10 Å². The first-order valence-electron chi connectivity index (χ1n) is 10.8. The molecule has 5 aromatic rings. The number of benzene rings is 1. The van der Waals surface area contributed by atoms with Crippen LogP contribution in [0.1, 0.15) is 35.9 Å². The highest BCUT2D eigenvalue weighted by molar-refractivity contribution is 6.06. The molecule has 0 aliphatic carbocycles. The summed E-state index contributed by atoms with van der Waals surface area (Å²) in [5, 5.41) is 15.9. The van der Waals surface area contributed by atoms with E-state index >= 15 is 0 Å². The van der Waals surface area contributed by atoms with Crippen LogP contribution in [0.15, 0.2) is 61.2 Å². The van der Waals surface area contributed by atoms with Gasteiger partial charge in [-0.1, -0.05) is 6.07 Å². The number of carbonyl (C=O) groups excluding carboxylic acids is 1. The number of hydrogen-bond acceptors (Lipinski definition) is 5. The van der Waals surface area contributed by atoms with Crippen LogP contribution in [-0.2, 0) is 13.6 Å². The molecule has 0 saturated carbocycles. The summed E-state index contributed by atoms with van der Waals surface area (Å²) >= 11 is 0. The summed E-state index contributed by atoms with van der Waals surface area (Å²) in [6.07, 6.45) is 5.36. The molecule has 1 N–H and O–H groups in total. The molecular formula is C24H23FN8O. The molecule has 0 spiro atoms. The summed E-state index contributed by atoms with van der Waals surface area (Å²) in [6.45, 7) is 4.54. The Hall–Kier alpha value is -4.34. The molecular weight excluding hydrogens is 435 g/mol. The predicted octanol–water partition coefficient (Wildman–Crippen LogP) is 4.05. The smallest absolute Gasteiger partial charge is 0.259 e. The van der Waals surface area contributed by atoms with Gasteiger partial charge in [-0.3, -0.25) is 9.48 Å². The van der Waals surface area contributed by atoms with Gasteiger partial charge in [0.1, 0.15) is 23.7 Å². The number of aromatic nitrogens is 7. The summed E-state index contributed by atoms with van der Waals surface area (Å²) in [5.74, 6) is -0.300. The molecule has 4 heterocycles. The normalized spacial score (nSPS) is 11.4. The average Bonchev–Trinajstić information content (AvgIpc) is 3.54. The Labute approximate surface area is 194 Å². The van der Waals surface area contributed by atoms with Crippen LogP contribution in [0.5, 0.6) is 0 Å².